The van der Waals surface area contributed by atoms with Crippen LogP contribution in [-0.2, 0) is 11.3 Å². The highest BCUT2D eigenvalue weighted by molar-refractivity contribution is 6.30. The largest absolute Gasteiger partial charge is 0.351 e. The molecule has 7 heteroatoms. The average Bonchev–Trinajstić information content (AvgIpc) is 2.56. The van der Waals surface area contributed by atoms with Crippen molar-refractivity contribution in [1.29, 1.82) is 0 Å². The summed E-state index contributed by atoms with van der Waals surface area (Å²) in [6.45, 7) is 2.78. The molecule has 1 atom stereocenters. The van der Waals surface area contributed by atoms with E-state index in [0.717, 1.165) is 24.8 Å². The summed E-state index contributed by atoms with van der Waals surface area (Å²) in [6.07, 6.45) is 2.91. The highest BCUT2D eigenvalue weighted by Gasteiger charge is 2.11. The minimum Gasteiger partial charge on any atom is -0.351 e. The quantitative estimate of drug-likeness (QED) is 0.551. The summed E-state index contributed by atoms with van der Waals surface area (Å²) in [5.74, 6) is -0.238. The van der Waals surface area contributed by atoms with Crippen LogP contribution in [0, 0.1) is 0 Å². The zero-order valence-corrected chi connectivity index (χ0v) is 14.2. The second-order valence-electron chi connectivity index (χ2n) is 5.31. The highest BCUT2D eigenvalue weighted by atomic mass is 35.5. The molecule has 0 radical (unpaired) electrons. The second kappa shape index (κ2) is 10.9. The van der Waals surface area contributed by atoms with Crippen molar-refractivity contribution in [3.8, 4) is 0 Å². The van der Waals surface area contributed by atoms with Gasteiger partial charge in [0.05, 0.1) is 6.54 Å². The molecule has 6 nitrogen and oxygen atoms in total. The predicted octanol–water partition coefficient (Wildman–Crippen LogP) is 1.77. The number of carbonyl (C=O) groups is 2. The lowest BCUT2D eigenvalue weighted by Crippen LogP contribution is -2.46. The van der Waals surface area contributed by atoms with E-state index in [1.807, 2.05) is 12.1 Å². The number of rotatable bonds is 9. The number of hydrogen-bond acceptors (Lipinski definition) is 3. The van der Waals surface area contributed by atoms with Gasteiger partial charge < -0.3 is 21.7 Å². The fourth-order valence-electron chi connectivity index (χ4n) is 1.99. The monoisotopic (exact) mass is 340 g/mol. The molecule has 0 aliphatic heterocycles. The fraction of sp³-hybridized carbons (Fsp3) is 0.500. The van der Waals surface area contributed by atoms with Crippen LogP contribution in [-0.4, -0.2) is 31.1 Å². The third kappa shape index (κ3) is 8.42. The molecule has 1 aromatic rings. The molecule has 23 heavy (non-hydrogen) atoms. The Labute approximate surface area is 142 Å². The van der Waals surface area contributed by atoms with Crippen molar-refractivity contribution in [3.05, 3.63) is 34.9 Å². The highest BCUT2D eigenvalue weighted by Crippen LogP contribution is 2.08. The normalized spacial score (nSPS) is 11.6. The molecule has 128 valence electrons. The molecule has 0 aliphatic carbocycles. The molecule has 0 fully saturated rings. The van der Waals surface area contributed by atoms with Gasteiger partial charge in [-0.1, -0.05) is 43.5 Å². The smallest absolute Gasteiger partial charge is 0.315 e. The molecule has 0 saturated carbocycles. The van der Waals surface area contributed by atoms with Crippen LogP contribution in [0.3, 0.4) is 0 Å². The number of hydrogen-bond donors (Lipinski definition) is 4. The van der Waals surface area contributed by atoms with Crippen LogP contribution in [0.5, 0.6) is 0 Å². The van der Waals surface area contributed by atoms with E-state index >= 15 is 0 Å². The lowest BCUT2D eigenvalue weighted by atomic mass is 10.1. The maximum atomic E-state index is 11.8. The van der Waals surface area contributed by atoms with Crippen molar-refractivity contribution < 1.29 is 9.59 Å². The SMILES string of the molecule is CCCCC(CN)NC(=O)CNC(=O)NCc1ccc(Cl)cc1. The van der Waals surface area contributed by atoms with Crippen LogP contribution in [0.2, 0.25) is 5.02 Å². The summed E-state index contributed by atoms with van der Waals surface area (Å²) in [5.41, 5.74) is 6.54. The number of carbonyl (C=O) groups excluding carboxylic acids is 2. The minimum absolute atomic E-state index is 0.0404. The lowest BCUT2D eigenvalue weighted by Gasteiger charge is -2.16. The third-order valence-electron chi connectivity index (χ3n) is 3.33. The van der Waals surface area contributed by atoms with Gasteiger partial charge >= 0.3 is 6.03 Å². The fourth-order valence-corrected chi connectivity index (χ4v) is 2.11. The molecule has 0 heterocycles. The molecule has 1 aromatic carbocycles. The first-order valence-corrected chi connectivity index (χ1v) is 8.18. The molecule has 1 rings (SSSR count). The van der Waals surface area contributed by atoms with Gasteiger partial charge in [-0.3, -0.25) is 4.79 Å². The van der Waals surface area contributed by atoms with Gasteiger partial charge in [0.15, 0.2) is 0 Å². The molecule has 0 bridgehead atoms. The Hall–Kier alpha value is -1.79. The van der Waals surface area contributed by atoms with Crippen molar-refractivity contribution in [2.75, 3.05) is 13.1 Å². The Kier molecular flexibility index (Phi) is 9.09. The second-order valence-corrected chi connectivity index (χ2v) is 5.74. The summed E-state index contributed by atoms with van der Waals surface area (Å²) in [7, 11) is 0. The van der Waals surface area contributed by atoms with Crippen LogP contribution >= 0.6 is 11.6 Å². The molecule has 5 N–H and O–H groups in total. The van der Waals surface area contributed by atoms with Gasteiger partial charge in [0.1, 0.15) is 0 Å². The maximum Gasteiger partial charge on any atom is 0.315 e. The molecule has 0 saturated heterocycles. The number of benzene rings is 1. The summed E-state index contributed by atoms with van der Waals surface area (Å²) >= 11 is 5.79. The zero-order chi connectivity index (χ0) is 17.1. The zero-order valence-electron chi connectivity index (χ0n) is 13.4. The third-order valence-corrected chi connectivity index (χ3v) is 3.58. The van der Waals surface area contributed by atoms with Crippen molar-refractivity contribution in [2.24, 2.45) is 5.73 Å². The van der Waals surface area contributed by atoms with Gasteiger partial charge in [-0.2, -0.15) is 0 Å². The number of nitrogens with one attached hydrogen (secondary N) is 3. The number of nitrogens with two attached hydrogens (primary N) is 1. The molecular formula is C16H25ClN4O2. The van der Waals surface area contributed by atoms with Gasteiger partial charge in [-0.25, -0.2) is 4.79 Å². The van der Waals surface area contributed by atoms with Crippen molar-refractivity contribution in [2.45, 2.75) is 38.8 Å². The van der Waals surface area contributed by atoms with Gasteiger partial charge in [-0.05, 0) is 24.1 Å². The van der Waals surface area contributed by atoms with Crippen molar-refractivity contribution in [3.63, 3.8) is 0 Å². The van der Waals surface area contributed by atoms with Gasteiger partial charge in [0.2, 0.25) is 5.91 Å². The Morgan fingerprint density at radius 3 is 2.52 bits per heavy atom. The van der Waals surface area contributed by atoms with Crippen LogP contribution in [0.25, 0.3) is 0 Å². The summed E-state index contributed by atoms with van der Waals surface area (Å²) in [4.78, 5) is 23.4. The van der Waals surface area contributed by atoms with Gasteiger partial charge in [0, 0.05) is 24.2 Å². The Balaban J connectivity index is 2.23. The molecule has 1 unspecified atom stereocenters. The average molecular weight is 341 g/mol. The van der Waals surface area contributed by atoms with E-state index in [1.165, 1.54) is 0 Å². The van der Waals surface area contributed by atoms with Crippen LogP contribution < -0.4 is 21.7 Å². The molecular weight excluding hydrogens is 316 g/mol. The molecule has 0 aliphatic rings. The predicted molar refractivity (Wildman–Crippen MR) is 92.2 cm³/mol. The Bertz CT molecular complexity index is 493. The number of urea groups is 1. The Morgan fingerprint density at radius 1 is 1.22 bits per heavy atom. The van der Waals surface area contributed by atoms with E-state index in [4.69, 9.17) is 17.3 Å². The van der Waals surface area contributed by atoms with Gasteiger partial charge in [-0.15, -0.1) is 0 Å². The van der Waals surface area contributed by atoms with E-state index in [9.17, 15) is 9.59 Å². The van der Waals surface area contributed by atoms with Crippen molar-refractivity contribution >= 4 is 23.5 Å². The topological polar surface area (TPSA) is 96.2 Å². The van der Waals surface area contributed by atoms with E-state index < -0.39 is 6.03 Å². The van der Waals surface area contributed by atoms with Gasteiger partial charge in [0.25, 0.3) is 0 Å². The summed E-state index contributed by atoms with van der Waals surface area (Å²) < 4.78 is 0. The summed E-state index contributed by atoms with van der Waals surface area (Å²) in [6, 6.07) is 6.73. The van der Waals surface area contributed by atoms with E-state index in [1.54, 1.807) is 12.1 Å². The molecule has 0 spiro atoms. The molecule has 0 aromatic heterocycles. The summed E-state index contributed by atoms with van der Waals surface area (Å²) in [5, 5.41) is 8.66. The van der Waals surface area contributed by atoms with E-state index in [2.05, 4.69) is 22.9 Å². The maximum absolute atomic E-state index is 11.8. The standard InChI is InChI=1S/C16H25ClN4O2/c1-2-3-4-14(9-18)21-15(22)11-20-16(23)19-10-12-5-7-13(17)8-6-12/h5-8,14H,2-4,9-11,18H2,1H3,(H,21,22)(H2,19,20,23). The lowest BCUT2D eigenvalue weighted by molar-refractivity contribution is -0.120. The number of amides is 3. The van der Waals surface area contributed by atoms with E-state index in [-0.39, 0.29) is 18.5 Å². The molecule has 3 amide bonds. The van der Waals surface area contributed by atoms with E-state index in [0.29, 0.717) is 18.1 Å². The number of unbranched alkanes of at least 4 members (excludes halogenated alkanes) is 1. The van der Waals surface area contributed by atoms with Crippen LogP contribution in [0.1, 0.15) is 31.7 Å². The van der Waals surface area contributed by atoms with Crippen molar-refractivity contribution in [1.82, 2.24) is 16.0 Å². The first-order chi connectivity index (χ1) is 11.0. The van der Waals surface area contributed by atoms with Crippen LogP contribution in [0.15, 0.2) is 24.3 Å². The Morgan fingerprint density at radius 2 is 1.91 bits per heavy atom. The minimum atomic E-state index is -0.395. The number of halogens is 1. The first kappa shape index (κ1) is 19.3. The first-order valence-electron chi connectivity index (χ1n) is 7.80. The van der Waals surface area contributed by atoms with Crippen LogP contribution in [0.4, 0.5) is 4.79 Å².